The van der Waals surface area contributed by atoms with Crippen LogP contribution in [0.15, 0.2) is 42.5 Å². The van der Waals surface area contributed by atoms with E-state index in [4.69, 9.17) is 11.6 Å². The topological polar surface area (TPSA) is 68.9 Å². The minimum Gasteiger partial charge on any atom is -0.258 e. The van der Waals surface area contributed by atoms with Crippen molar-refractivity contribution in [3.63, 3.8) is 0 Å². The normalized spacial score (nSPS) is 10.8. The van der Waals surface area contributed by atoms with Crippen LogP contribution in [0.5, 0.6) is 0 Å². The molecule has 1 aromatic heterocycles. The Labute approximate surface area is 125 Å². The summed E-state index contributed by atoms with van der Waals surface area (Å²) in [6.07, 6.45) is 0. The van der Waals surface area contributed by atoms with Gasteiger partial charge in [0.05, 0.1) is 10.4 Å². The first-order chi connectivity index (χ1) is 10.1. The molecule has 0 aliphatic carbocycles. The Hall–Kier alpha value is -2.53. The molecule has 0 aliphatic rings. The Morgan fingerprint density at radius 3 is 2.62 bits per heavy atom. The number of aromatic nitrogens is 2. The largest absolute Gasteiger partial charge is 0.270 e. The molecule has 0 amide bonds. The Bertz CT molecular complexity index is 865. The molecule has 0 aliphatic heterocycles. The number of halogens is 1. The smallest absolute Gasteiger partial charge is 0.258 e. The lowest BCUT2D eigenvalue weighted by molar-refractivity contribution is -0.384. The van der Waals surface area contributed by atoms with Crippen LogP contribution >= 0.6 is 11.6 Å². The molecule has 0 fully saturated rings. The van der Waals surface area contributed by atoms with Crippen LogP contribution in [0.3, 0.4) is 0 Å². The van der Waals surface area contributed by atoms with E-state index in [1.165, 1.54) is 12.1 Å². The van der Waals surface area contributed by atoms with Gasteiger partial charge in [-0.25, -0.2) is 9.97 Å². The van der Waals surface area contributed by atoms with Crippen molar-refractivity contribution < 1.29 is 4.92 Å². The van der Waals surface area contributed by atoms with Crippen LogP contribution in [0.25, 0.3) is 22.3 Å². The Morgan fingerprint density at radius 1 is 1.14 bits per heavy atom. The van der Waals surface area contributed by atoms with Crippen molar-refractivity contribution in [3.05, 3.63) is 63.3 Å². The maximum atomic E-state index is 10.8. The Kier molecular flexibility index (Phi) is 3.27. The Balaban J connectivity index is 2.23. The van der Waals surface area contributed by atoms with E-state index < -0.39 is 4.92 Å². The summed E-state index contributed by atoms with van der Waals surface area (Å²) in [6, 6.07) is 12.1. The van der Waals surface area contributed by atoms with Crippen molar-refractivity contribution in [1.82, 2.24) is 9.97 Å². The molecular formula is C15H10ClN3O2. The predicted molar refractivity (Wildman–Crippen MR) is 81.4 cm³/mol. The van der Waals surface area contributed by atoms with Gasteiger partial charge in [0, 0.05) is 23.1 Å². The van der Waals surface area contributed by atoms with Gasteiger partial charge < -0.3 is 0 Å². The van der Waals surface area contributed by atoms with E-state index in [1.54, 1.807) is 6.07 Å². The van der Waals surface area contributed by atoms with Gasteiger partial charge in [0.15, 0.2) is 5.82 Å². The highest BCUT2D eigenvalue weighted by Crippen LogP contribution is 2.28. The summed E-state index contributed by atoms with van der Waals surface area (Å²) in [5.74, 6) is 0.513. The fraction of sp³-hybridized carbons (Fsp3) is 0.0667. The molecule has 2 aromatic carbocycles. The van der Waals surface area contributed by atoms with Crippen molar-refractivity contribution in [2.24, 2.45) is 0 Å². The molecule has 0 radical (unpaired) electrons. The highest BCUT2D eigenvalue weighted by atomic mass is 35.5. The number of nitro benzene ring substituents is 1. The number of nitrogens with zero attached hydrogens (tertiary/aromatic N) is 3. The molecule has 0 bridgehead atoms. The maximum Gasteiger partial charge on any atom is 0.270 e. The molecule has 1 heterocycles. The number of nitro groups is 1. The average molecular weight is 300 g/mol. The molecule has 6 heteroatoms. The summed E-state index contributed by atoms with van der Waals surface area (Å²) < 4.78 is 0. The van der Waals surface area contributed by atoms with Crippen molar-refractivity contribution >= 4 is 28.2 Å². The van der Waals surface area contributed by atoms with Crippen molar-refractivity contribution in [2.45, 2.75) is 6.92 Å². The lowest BCUT2D eigenvalue weighted by Crippen LogP contribution is -1.95. The summed E-state index contributed by atoms with van der Waals surface area (Å²) in [5, 5.41) is 11.5. The SMILES string of the molecule is Cc1ccccc1-c1nc(Cl)c2cc([N+](=O)[O-])ccc2n1. The first-order valence-electron chi connectivity index (χ1n) is 6.24. The van der Waals surface area contributed by atoms with Gasteiger partial charge in [0.25, 0.3) is 5.69 Å². The second-order valence-electron chi connectivity index (χ2n) is 4.61. The first kappa shape index (κ1) is 13.5. The number of rotatable bonds is 2. The molecular weight excluding hydrogens is 290 g/mol. The molecule has 104 valence electrons. The van der Waals surface area contributed by atoms with E-state index in [0.717, 1.165) is 11.1 Å². The summed E-state index contributed by atoms with van der Waals surface area (Å²) in [5.41, 5.74) is 2.48. The minimum absolute atomic E-state index is 0.0309. The average Bonchev–Trinajstić information content (AvgIpc) is 2.47. The van der Waals surface area contributed by atoms with Gasteiger partial charge in [-0.2, -0.15) is 0 Å². The standard InChI is InChI=1S/C15H10ClN3O2/c1-9-4-2-3-5-11(9)15-17-13-7-6-10(19(20)21)8-12(13)14(16)18-15/h2-8H,1H3. The molecule has 21 heavy (non-hydrogen) atoms. The zero-order valence-electron chi connectivity index (χ0n) is 11.1. The fourth-order valence-electron chi connectivity index (χ4n) is 2.14. The molecule has 3 aromatic rings. The summed E-state index contributed by atoms with van der Waals surface area (Å²) in [4.78, 5) is 19.1. The molecule has 0 unspecified atom stereocenters. The van der Waals surface area contributed by atoms with Crippen LogP contribution in [-0.2, 0) is 0 Å². The number of benzene rings is 2. The van der Waals surface area contributed by atoms with Crippen LogP contribution in [0, 0.1) is 17.0 Å². The van der Waals surface area contributed by atoms with E-state index in [2.05, 4.69) is 9.97 Å². The van der Waals surface area contributed by atoms with Crippen molar-refractivity contribution in [3.8, 4) is 11.4 Å². The third-order valence-corrected chi connectivity index (χ3v) is 3.52. The van der Waals surface area contributed by atoms with E-state index >= 15 is 0 Å². The van der Waals surface area contributed by atoms with Gasteiger partial charge in [0.2, 0.25) is 0 Å². The van der Waals surface area contributed by atoms with E-state index in [9.17, 15) is 10.1 Å². The molecule has 0 saturated carbocycles. The quantitative estimate of drug-likeness (QED) is 0.404. The highest BCUT2D eigenvalue weighted by molar-refractivity contribution is 6.34. The third kappa shape index (κ3) is 2.43. The summed E-state index contributed by atoms with van der Waals surface area (Å²) in [7, 11) is 0. The van der Waals surface area contributed by atoms with Crippen LogP contribution < -0.4 is 0 Å². The van der Waals surface area contributed by atoms with E-state index in [0.29, 0.717) is 16.7 Å². The monoisotopic (exact) mass is 299 g/mol. The van der Waals surface area contributed by atoms with Crippen molar-refractivity contribution in [2.75, 3.05) is 0 Å². The summed E-state index contributed by atoms with van der Waals surface area (Å²) in [6.45, 7) is 1.96. The minimum atomic E-state index is -0.467. The zero-order valence-corrected chi connectivity index (χ0v) is 11.8. The third-order valence-electron chi connectivity index (χ3n) is 3.23. The van der Waals surface area contributed by atoms with E-state index in [1.807, 2.05) is 31.2 Å². The van der Waals surface area contributed by atoms with Crippen molar-refractivity contribution in [1.29, 1.82) is 0 Å². The maximum absolute atomic E-state index is 10.8. The van der Waals surface area contributed by atoms with Crippen LogP contribution in [0.4, 0.5) is 5.69 Å². The first-order valence-corrected chi connectivity index (χ1v) is 6.62. The number of hydrogen-bond donors (Lipinski definition) is 0. The molecule has 0 spiro atoms. The number of non-ortho nitro benzene ring substituents is 1. The highest BCUT2D eigenvalue weighted by Gasteiger charge is 2.13. The van der Waals surface area contributed by atoms with Crippen LogP contribution in [-0.4, -0.2) is 14.9 Å². The number of hydrogen-bond acceptors (Lipinski definition) is 4. The Morgan fingerprint density at radius 2 is 1.90 bits per heavy atom. The number of aryl methyl sites for hydroxylation is 1. The van der Waals surface area contributed by atoms with Gasteiger partial charge >= 0.3 is 0 Å². The van der Waals surface area contributed by atoms with Gasteiger partial charge in [0.1, 0.15) is 5.15 Å². The second kappa shape index (κ2) is 5.10. The molecule has 0 atom stereocenters. The lowest BCUT2D eigenvalue weighted by atomic mass is 10.1. The number of fused-ring (bicyclic) bond motifs is 1. The molecule has 0 N–H and O–H groups in total. The van der Waals surface area contributed by atoms with Gasteiger partial charge in [-0.15, -0.1) is 0 Å². The van der Waals surface area contributed by atoms with Gasteiger partial charge in [-0.3, -0.25) is 10.1 Å². The molecule has 3 rings (SSSR count). The van der Waals surface area contributed by atoms with Crippen LogP contribution in [0.2, 0.25) is 5.15 Å². The summed E-state index contributed by atoms with van der Waals surface area (Å²) >= 11 is 6.17. The van der Waals surface area contributed by atoms with Gasteiger partial charge in [-0.1, -0.05) is 35.9 Å². The fourth-order valence-corrected chi connectivity index (χ4v) is 2.37. The van der Waals surface area contributed by atoms with E-state index in [-0.39, 0.29) is 10.8 Å². The lowest BCUT2D eigenvalue weighted by Gasteiger charge is -2.07. The predicted octanol–water partition coefficient (Wildman–Crippen LogP) is 4.17. The second-order valence-corrected chi connectivity index (χ2v) is 4.97. The molecule has 5 nitrogen and oxygen atoms in total. The molecule has 0 saturated heterocycles. The van der Waals surface area contributed by atoms with Gasteiger partial charge in [-0.05, 0) is 18.6 Å². The zero-order chi connectivity index (χ0) is 15.0. The van der Waals surface area contributed by atoms with Crippen LogP contribution in [0.1, 0.15) is 5.56 Å².